The second-order valence-electron chi connectivity index (χ2n) is 7.83. The molecule has 8 nitrogen and oxygen atoms in total. The van der Waals surface area contributed by atoms with Crippen LogP contribution in [0.3, 0.4) is 0 Å². The molecule has 0 amide bonds. The molecule has 182 valence electrons. The zero-order valence-corrected chi connectivity index (χ0v) is 21.5. The quantitative estimate of drug-likeness (QED) is 0.412. The van der Waals surface area contributed by atoms with E-state index >= 15 is 0 Å². The number of aromatic nitrogens is 2. The lowest BCUT2D eigenvalue weighted by atomic mass is 10.2. The van der Waals surface area contributed by atoms with Gasteiger partial charge in [0.2, 0.25) is 0 Å². The van der Waals surface area contributed by atoms with Gasteiger partial charge < -0.3 is 20.0 Å². The number of fused-ring (bicyclic) bond motifs is 2. The summed E-state index contributed by atoms with van der Waals surface area (Å²) in [6.07, 6.45) is 5.17. The molecule has 2 aromatic carbocycles. The van der Waals surface area contributed by atoms with E-state index in [0.29, 0.717) is 54.1 Å². The molecule has 0 aliphatic carbocycles. The van der Waals surface area contributed by atoms with Crippen molar-refractivity contribution in [1.82, 2.24) is 4.57 Å². The minimum Gasteiger partial charge on any atom is -0.480 e. The van der Waals surface area contributed by atoms with E-state index in [0.717, 1.165) is 0 Å². The Bertz CT molecular complexity index is 1450. The molecule has 1 aliphatic rings. The second-order valence-corrected chi connectivity index (χ2v) is 9.46. The van der Waals surface area contributed by atoms with Gasteiger partial charge in [-0.05, 0) is 18.2 Å². The van der Waals surface area contributed by atoms with Crippen molar-refractivity contribution in [3.8, 4) is 0 Å². The van der Waals surface area contributed by atoms with E-state index in [-0.39, 0.29) is 13.1 Å². The molecule has 1 aromatic heterocycles. The molecule has 0 radical (unpaired) electrons. The summed E-state index contributed by atoms with van der Waals surface area (Å²) in [5, 5.41) is 20.3. The van der Waals surface area contributed by atoms with Crippen molar-refractivity contribution in [2.24, 2.45) is 7.05 Å². The third-order valence-electron chi connectivity index (χ3n) is 5.66. The molecule has 0 fully saturated rings. The Morgan fingerprint density at radius 3 is 2.11 bits per heavy atom. The first kappa shape index (κ1) is 25.2. The number of allylic oxidation sites excluding steroid dienone is 2. The molecule has 2 N–H and O–H groups in total. The number of aliphatic carboxylic acids is 2. The van der Waals surface area contributed by atoms with Gasteiger partial charge in [-0.3, -0.25) is 4.79 Å². The monoisotopic (exact) mass is 555 g/mol. The lowest BCUT2D eigenvalue weighted by Gasteiger charge is -2.20. The minimum atomic E-state index is -1.02. The van der Waals surface area contributed by atoms with Crippen LogP contribution in [0.5, 0.6) is 0 Å². The molecule has 2 heterocycles. The van der Waals surface area contributed by atoms with Crippen molar-refractivity contribution < 1.29 is 24.4 Å². The third kappa shape index (κ3) is 4.67. The predicted molar refractivity (Wildman–Crippen MR) is 138 cm³/mol. The molecule has 4 rings (SSSR count). The van der Waals surface area contributed by atoms with Crippen LogP contribution in [0.1, 0.15) is 5.82 Å². The predicted octanol–water partition coefficient (Wildman–Crippen LogP) is 5.06. The molecule has 0 unspecified atom stereocenters. The Morgan fingerprint density at radius 2 is 1.49 bits per heavy atom. The number of rotatable bonds is 6. The highest BCUT2D eigenvalue weighted by atomic mass is 35.5. The number of anilines is 2. The Hall–Kier alpha value is -2.91. The number of carboxylic acid groups (broad SMARTS) is 2. The molecule has 35 heavy (non-hydrogen) atoms. The molecule has 0 saturated heterocycles. The topological polar surface area (TPSA) is 89.9 Å². The van der Waals surface area contributed by atoms with Gasteiger partial charge in [0.25, 0.3) is 5.82 Å². The van der Waals surface area contributed by atoms with Crippen molar-refractivity contribution in [3.05, 3.63) is 68.2 Å². The van der Waals surface area contributed by atoms with Gasteiger partial charge in [-0.25, -0.2) is 13.9 Å². The SMILES string of the molecule is CN1C(=CC=Cc2n(CC(=O)O)c3cc(Cl)c(Cl)cc3[n+]2C)N(CC(=O)O)c2cc(Cl)c(Cl)cc21. The van der Waals surface area contributed by atoms with Crippen LogP contribution in [0.4, 0.5) is 11.4 Å². The maximum absolute atomic E-state index is 11.6. The summed E-state index contributed by atoms with van der Waals surface area (Å²) < 4.78 is 3.41. The summed E-state index contributed by atoms with van der Waals surface area (Å²) in [5.41, 5.74) is 2.63. The van der Waals surface area contributed by atoms with E-state index in [2.05, 4.69) is 0 Å². The van der Waals surface area contributed by atoms with Crippen molar-refractivity contribution in [3.63, 3.8) is 0 Å². The Balaban J connectivity index is 1.80. The summed E-state index contributed by atoms with van der Waals surface area (Å²) in [7, 11) is 3.58. The normalized spacial score (nSPS) is 14.5. The molecule has 3 aromatic rings. The molecule has 0 bridgehead atoms. The van der Waals surface area contributed by atoms with Gasteiger partial charge in [-0.15, -0.1) is 0 Å². The van der Waals surface area contributed by atoms with Gasteiger partial charge >= 0.3 is 11.9 Å². The first-order valence-electron chi connectivity index (χ1n) is 10.2. The summed E-state index contributed by atoms with van der Waals surface area (Å²) in [6, 6.07) is 6.61. The van der Waals surface area contributed by atoms with Gasteiger partial charge in [0, 0.05) is 25.3 Å². The van der Waals surface area contributed by atoms with Crippen LogP contribution in [0, 0.1) is 0 Å². The van der Waals surface area contributed by atoms with E-state index < -0.39 is 11.9 Å². The number of hydrogen-bond acceptors (Lipinski definition) is 4. The van der Waals surface area contributed by atoms with Crippen molar-refractivity contribution in [1.29, 1.82) is 0 Å². The largest absolute Gasteiger partial charge is 0.480 e. The fourth-order valence-electron chi connectivity index (χ4n) is 4.10. The Labute approximate surface area is 220 Å². The number of imidazole rings is 1. The van der Waals surface area contributed by atoms with Gasteiger partial charge in [-0.2, -0.15) is 0 Å². The Morgan fingerprint density at radius 1 is 0.914 bits per heavy atom. The van der Waals surface area contributed by atoms with Crippen LogP contribution < -0.4 is 14.4 Å². The summed E-state index contributed by atoms with van der Waals surface area (Å²) >= 11 is 24.7. The molecule has 0 saturated carbocycles. The van der Waals surface area contributed by atoms with Gasteiger partial charge in [0.05, 0.1) is 38.5 Å². The highest BCUT2D eigenvalue weighted by Gasteiger charge is 2.31. The number of carboxylic acids is 2. The van der Waals surface area contributed by atoms with Crippen LogP contribution in [0.15, 0.2) is 42.2 Å². The van der Waals surface area contributed by atoms with E-state index in [1.165, 1.54) is 0 Å². The lowest BCUT2D eigenvalue weighted by molar-refractivity contribution is -0.647. The average molecular weight is 557 g/mol. The third-order valence-corrected chi connectivity index (χ3v) is 7.10. The smallest absolute Gasteiger partial charge is 0.346 e. The molecule has 12 heteroatoms. The zero-order chi connectivity index (χ0) is 25.6. The Kier molecular flexibility index (Phi) is 6.92. The standard InChI is InChI=1S/C23H18Cl4N4O4/c1-28-16-6-12(24)14(26)8-18(16)30(10-22(32)33)20(28)4-3-5-21-29(2)17-7-13(25)15(27)9-19(17)31(21)11-23(34)35/h3-9H,10-11H2,1-2H3,(H-,32,33,34,35)/p+1. The van der Waals surface area contributed by atoms with Crippen LogP contribution >= 0.6 is 46.4 Å². The highest BCUT2D eigenvalue weighted by molar-refractivity contribution is 6.43. The first-order chi connectivity index (χ1) is 16.5. The van der Waals surface area contributed by atoms with Crippen molar-refractivity contribution in [2.75, 3.05) is 23.4 Å². The van der Waals surface area contributed by atoms with Crippen LogP contribution in [0.25, 0.3) is 17.1 Å². The second kappa shape index (κ2) is 9.62. The van der Waals surface area contributed by atoms with E-state index in [1.54, 1.807) is 75.5 Å². The zero-order valence-electron chi connectivity index (χ0n) is 18.5. The van der Waals surface area contributed by atoms with Crippen molar-refractivity contribution >= 4 is 86.8 Å². The number of halogens is 4. The number of aryl methyl sites for hydroxylation is 1. The fraction of sp³-hybridized carbons (Fsp3) is 0.174. The molecular formula is C23H19Cl4N4O4+. The molecule has 0 atom stereocenters. The van der Waals surface area contributed by atoms with E-state index in [9.17, 15) is 19.8 Å². The number of benzene rings is 2. The maximum atomic E-state index is 11.6. The minimum absolute atomic E-state index is 0.293. The van der Waals surface area contributed by atoms with Gasteiger partial charge in [0.15, 0.2) is 17.6 Å². The van der Waals surface area contributed by atoms with Gasteiger partial charge in [0.1, 0.15) is 12.4 Å². The molecule has 0 spiro atoms. The number of hydrogen-bond donors (Lipinski definition) is 2. The number of carbonyl (C=O) groups is 2. The highest BCUT2D eigenvalue weighted by Crippen LogP contribution is 2.44. The van der Waals surface area contributed by atoms with Crippen molar-refractivity contribution in [2.45, 2.75) is 6.54 Å². The summed E-state index contributed by atoms with van der Waals surface area (Å²) in [5.74, 6) is -0.888. The molecular weight excluding hydrogens is 538 g/mol. The van der Waals surface area contributed by atoms with E-state index in [4.69, 9.17) is 46.4 Å². The van der Waals surface area contributed by atoms with Gasteiger partial charge in [-0.1, -0.05) is 52.5 Å². The molecule has 1 aliphatic heterocycles. The number of nitrogens with zero attached hydrogens (tertiary/aromatic N) is 4. The first-order valence-corrected chi connectivity index (χ1v) is 11.7. The van der Waals surface area contributed by atoms with Crippen LogP contribution in [0.2, 0.25) is 20.1 Å². The van der Waals surface area contributed by atoms with Crippen LogP contribution in [-0.4, -0.2) is 40.3 Å². The summed E-state index contributed by atoms with van der Waals surface area (Å²) in [6.45, 7) is -0.585. The van der Waals surface area contributed by atoms with Crippen LogP contribution in [-0.2, 0) is 23.2 Å². The average Bonchev–Trinajstić information content (AvgIpc) is 3.15. The van der Waals surface area contributed by atoms with E-state index in [1.807, 2.05) is 0 Å². The fourth-order valence-corrected chi connectivity index (χ4v) is 4.74. The summed E-state index contributed by atoms with van der Waals surface area (Å²) in [4.78, 5) is 26.5. The maximum Gasteiger partial charge on any atom is 0.346 e. The lowest BCUT2D eigenvalue weighted by Crippen LogP contribution is -2.31.